The summed E-state index contributed by atoms with van der Waals surface area (Å²) < 4.78 is 1.93. The van der Waals surface area contributed by atoms with Crippen molar-refractivity contribution >= 4 is 11.6 Å². The highest BCUT2D eigenvalue weighted by molar-refractivity contribution is 5.77. The van der Waals surface area contributed by atoms with Crippen molar-refractivity contribution in [3.8, 4) is 0 Å². The van der Waals surface area contributed by atoms with Gasteiger partial charge < -0.3 is 10.4 Å². The number of fused-ring (bicyclic) bond motifs is 1. The summed E-state index contributed by atoms with van der Waals surface area (Å²) in [7, 11) is 0. The normalized spacial score (nSPS) is 15.9. The van der Waals surface area contributed by atoms with Crippen LogP contribution in [0.15, 0.2) is 60.7 Å². The van der Waals surface area contributed by atoms with Crippen molar-refractivity contribution in [1.29, 1.82) is 0 Å². The second-order valence-electron chi connectivity index (χ2n) is 6.55. The predicted octanol–water partition coefficient (Wildman–Crippen LogP) is 3.57. The van der Waals surface area contributed by atoms with Crippen LogP contribution in [0.2, 0.25) is 0 Å². The number of hydrogen-bond donors (Lipinski definition) is 2. The number of nitrogens with one attached hydrogen (secondary N) is 1. The average Bonchev–Trinajstić information content (AvgIpc) is 3.09. The topological polar surface area (TPSA) is 63.0 Å². The summed E-state index contributed by atoms with van der Waals surface area (Å²) in [4.78, 5) is 4.65. The number of benzene rings is 2. The van der Waals surface area contributed by atoms with Crippen LogP contribution in [-0.2, 0) is 6.42 Å². The van der Waals surface area contributed by atoms with Gasteiger partial charge in [0.1, 0.15) is 6.04 Å². The van der Waals surface area contributed by atoms with Gasteiger partial charge in [0, 0.05) is 18.7 Å². The maximum atomic E-state index is 9.09. The maximum absolute atomic E-state index is 9.09. The van der Waals surface area contributed by atoms with Gasteiger partial charge in [0.05, 0.1) is 0 Å². The van der Waals surface area contributed by atoms with Crippen LogP contribution >= 0.6 is 0 Å². The molecule has 0 fully saturated rings. The van der Waals surface area contributed by atoms with Crippen molar-refractivity contribution < 1.29 is 5.11 Å². The predicted molar refractivity (Wildman–Crippen MR) is 103 cm³/mol. The summed E-state index contributed by atoms with van der Waals surface area (Å²) in [5, 5.41) is 17.2. The fourth-order valence-electron chi connectivity index (χ4n) is 3.17. The fraction of sp³-hybridized carbons (Fsp3) is 0.238. The zero-order valence-corrected chi connectivity index (χ0v) is 14.8. The van der Waals surface area contributed by atoms with Gasteiger partial charge in [-0.15, -0.1) is 0 Å². The smallest absolute Gasteiger partial charge is 0.226 e. The standard InChI is InChI=1S/C21H22N4O/c1-15-9-11-16(12-10-15)18-14-19(17-6-3-2-4-7-17)25-21(22-18)23-20(24-25)8-5-13-26/h2-4,6-7,9-12,14,19,26H,5,8,13H2,1H3,(H,22,23,24). The Morgan fingerprint density at radius 2 is 1.85 bits per heavy atom. The Balaban J connectivity index is 1.75. The highest BCUT2D eigenvalue weighted by Crippen LogP contribution is 2.32. The van der Waals surface area contributed by atoms with Gasteiger partial charge in [0.2, 0.25) is 5.95 Å². The summed E-state index contributed by atoms with van der Waals surface area (Å²) in [5.41, 5.74) is 4.56. The van der Waals surface area contributed by atoms with E-state index in [2.05, 4.69) is 64.8 Å². The first-order valence-electron chi connectivity index (χ1n) is 8.92. The minimum atomic E-state index is -0.0147. The molecule has 0 saturated carbocycles. The average molecular weight is 346 g/mol. The highest BCUT2D eigenvalue weighted by atomic mass is 16.2. The molecule has 1 aromatic heterocycles. The molecule has 1 atom stereocenters. The van der Waals surface area contributed by atoms with E-state index in [1.165, 1.54) is 11.1 Å². The van der Waals surface area contributed by atoms with Crippen LogP contribution in [0.3, 0.4) is 0 Å². The molecule has 2 aromatic carbocycles. The van der Waals surface area contributed by atoms with E-state index in [0.717, 1.165) is 23.0 Å². The molecule has 1 unspecified atom stereocenters. The third-order valence-electron chi connectivity index (χ3n) is 4.57. The Bertz CT molecular complexity index is 913. The Morgan fingerprint density at radius 1 is 1.08 bits per heavy atom. The Kier molecular flexibility index (Phi) is 4.54. The van der Waals surface area contributed by atoms with Gasteiger partial charge in [0.15, 0.2) is 5.82 Å². The van der Waals surface area contributed by atoms with Crippen LogP contribution in [0, 0.1) is 6.92 Å². The molecule has 5 nitrogen and oxygen atoms in total. The molecule has 0 aliphatic carbocycles. The third-order valence-corrected chi connectivity index (χ3v) is 4.57. The van der Waals surface area contributed by atoms with Crippen LogP contribution in [0.1, 0.15) is 35.0 Å². The number of aliphatic hydroxyl groups excluding tert-OH is 1. The van der Waals surface area contributed by atoms with E-state index >= 15 is 0 Å². The van der Waals surface area contributed by atoms with Crippen molar-refractivity contribution in [1.82, 2.24) is 14.8 Å². The lowest BCUT2D eigenvalue weighted by Gasteiger charge is -2.24. The molecule has 3 aromatic rings. The van der Waals surface area contributed by atoms with E-state index in [0.29, 0.717) is 12.8 Å². The zero-order valence-electron chi connectivity index (χ0n) is 14.8. The molecule has 0 amide bonds. The number of allylic oxidation sites excluding steroid dienone is 1. The third kappa shape index (κ3) is 3.26. The van der Waals surface area contributed by atoms with E-state index in [1.807, 2.05) is 22.9 Å². The van der Waals surface area contributed by atoms with E-state index < -0.39 is 0 Å². The maximum Gasteiger partial charge on any atom is 0.226 e. The van der Waals surface area contributed by atoms with Crippen LogP contribution in [0.4, 0.5) is 5.95 Å². The van der Waals surface area contributed by atoms with Crippen LogP contribution in [0.5, 0.6) is 0 Å². The Labute approximate surface area is 153 Å². The molecule has 0 bridgehead atoms. The highest BCUT2D eigenvalue weighted by Gasteiger charge is 2.24. The summed E-state index contributed by atoms with van der Waals surface area (Å²) >= 11 is 0. The van der Waals surface area contributed by atoms with Gasteiger partial charge in [-0.05, 0) is 30.5 Å². The van der Waals surface area contributed by atoms with Crippen molar-refractivity contribution in [2.24, 2.45) is 0 Å². The summed E-state index contributed by atoms with van der Waals surface area (Å²) in [6.07, 6.45) is 3.52. The molecule has 0 saturated heterocycles. The second-order valence-corrected chi connectivity index (χ2v) is 6.55. The number of aryl methyl sites for hydroxylation is 2. The molecule has 132 valence electrons. The number of nitrogens with zero attached hydrogens (tertiary/aromatic N) is 3. The van der Waals surface area contributed by atoms with Gasteiger partial charge in [-0.25, -0.2) is 4.68 Å². The molecule has 5 heteroatoms. The fourth-order valence-corrected chi connectivity index (χ4v) is 3.17. The summed E-state index contributed by atoms with van der Waals surface area (Å²) in [6.45, 7) is 2.23. The lowest BCUT2D eigenvalue weighted by molar-refractivity contribution is 0.287. The Morgan fingerprint density at radius 3 is 2.58 bits per heavy atom. The van der Waals surface area contributed by atoms with Crippen LogP contribution < -0.4 is 5.32 Å². The number of aliphatic hydroxyl groups is 1. The van der Waals surface area contributed by atoms with Gasteiger partial charge in [-0.3, -0.25) is 0 Å². The van der Waals surface area contributed by atoms with Crippen LogP contribution in [0.25, 0.3) is 5.70 Å². The second kappa shape index (κ2) is 7.14. The van der Waals surface area contributed by atoms with Crippen molar-refractivity contribution in [3.63, 3.8) is 0 Å². The number of aromatic nitrogens is 3. The molecule has 2 heterocycles. The van der Waals surface area contributed by atoms with E-state index in [9.17, 15) is 0 Å². The Hall–Kier alpha value is -2.92. The van der Waals surface area contributed by atoms with Crippen LogP contribution in [-0.4, -0.2) is 26.5 Å². The van der Waals surface area contributed by atoms with Gasteiger partial charge >= 0.3 is 0 Å². The van der Waals surface area contributed by atoms with E-state index in [1.54, 1.807) is 0 Å². The molecular weight excluding hydrogens is 324 g/mol. The van der Waals surface area contributed by atoms with Crippen molar-refractivity contribution in [2.75, 3.05) is 11.9 Å². The molecule has 0 radical (unpaired) electrons. The summed E-state index contributed by atoms with van der Waals surface area (Å²) in [6, 6.07) is 18.8. The van der Waals surface area contributed by atoms with E-state index in [4.69, 9.17) is 5.11 Å². The first-order valence-corrected chi connectivity index (χ1v) is 8.92. The molecule has 0 spiro atoms. The monoisotopic (exact) mass is 346 g/mol. The molecule has 26 heavy (non-hydrogen) atoms. The van der Waals surface area contributed by atoms with Crippen molar-refractivity contribution in [2.45, 2.75) is 25.8 Å². The zero-order chi connectivity index (χ0) is 17.9. The van der Waals surface area contributed by atoms with E-state index in [-0.39, 0.29) is 12.6 Å². The number of anilines is 1. The molecule has 4 rings (SSSR count). The number of hydrogen-bond acceptors (Lipinski definition) is 4. The summed E-state index contributed by atoms with van der Waals surface area (Å²) in [5.74, 6) is 1.49. The van der Waals surface area contributed by atoms with Gasteiger partial charge in [0.25, 0.3) is 0 Å². The first kappa shape index (κ1) is 16.5. The van der Waals surface area contributed by atoms with Gasteiger partial charge in [-0.1, -0.05) is 60.2 Å². The number of rotatable bonds is 5. The van der Waals surface area contributed by atoms with Gasteiger partial charge in [-0.2, -0.15) is 10.1 Å². The van der Waals surface area contributed by atoms with Crippen molar-refractivity contribution in [3.05, 3.63) is 83.2 Å². The lowest BCUT2D eigenvalue weighted by Crippen LogP contribution is -2.20. The molecule has 1 aliphatic rings. The minimum Gasteiger partial charge on any atom is -0.396 e. The molecular formula is C21H22N4O. The minimum absolute atomic E-state index is 0.0147. The molecule has 1 aliphatic heterocycles. The molecule has 2 N–H and O–H groups in total. The lowest BCUT2D eigenvalue weighted by atomic mass is 10.0. The SMILES string of the molecule is Cc1ccc(C2=CC(c3ccccc3)n3nc(CCCO)nc3N2)cc1. The largest absolute Gasteiger partial charge is 0.396 e. The first-order chi connectivity index (χ1) is 12.7. The quantitative estimate of drug-likeness (QED) is 0.741.